The minimum absolute atomic E-state index is 0.241. The number of rotatable bonds is 3. The Kier molecular flexibility index (Phi) is 2.50. The monoisotopic (exact) mass is 246 g/mol. The van der Waals surface area contributed by atoms with Gasteiger partial charge in [-0.2, -0.15) is 10.1 Å². The van der Waals surface area contributed by atoms with E-state index in [9.17, 15) is 0 Å². The molecule has 0 amide bonds. The van der Waals surface area contributed by atoms with E-state index in [2.05, 4.69) is 20.2 Å². The third kappa shape index (κ3) is 1.63. The average molecular weight is 246 g/mol. The van der Waals surface area contributed by atoms with E-state index in [1.54, 1.807) is 29.3 Å². The van der Waals surface area contributed by atoms with Gasteiger partial charge >= 0.3 is 0 Å². The molecule has 0 aliphatic carbocycles. The van der Waals surface area contributed by atoms with Crippen LogP contribution in [0.3, 0.4) is 0 Å². The van der Waals surface area contributed by atoms with Gasteiger partial charge in [-0.1, -0.05) is 5.16 Å². The molecule has 8 heteroatoms. The van der Waals surface area contributed by atoms with Crippen LogP contribution in [0.1, 0.15) is 11.9 Å². The van der Waals surface area contributed by atoms with Gasteiger partial charge in [-0.15, -0.1) is 0 Å². The summed E-state index contributed by atoms with van der Waals surface area (Å²) in [5, 5.41) is 16.8. The second-order valence-corrected chi connectivity index (χ2v) is 3.71. The number of fused-ring (bicyclic) bond motifs is 1. The molecule has 0 aromatic carbocycles. The Hall–Kier alpha value is -2.32. The fourth-order valence-corrected chi connectivity index (χ4v) is 1.58. The zero-order chi connectivity index (χ0) is 12.5. The standard InChI is InChI=1S/C10H10N6O2/c11-7(5-17)9-14-10(18-15-9)6-3-13-16-2-1-12-4-8(6)16/h1-4,7,17H,5,11H2. The fraction of sp³-hybridized carbons (Fsp3) is 0.200. The van der Waals surface area contributed by atoms with Crippen molar-refractivity contribution in [2.45, 2.75) is 6.04 Å². The summed E-state index contributed by atoms with van der Waals surface area (Å²) >= 11 is 0. The van der Waals surface area contributed by atoms with E-state index >= 15 is 0 Å². The van der Waals surface area contributed by atoms with Crippen LogP contribution in [-0.4, -0.2) is 36.5 Å². The van der Waals surface area contributed by atoms with Crippen molar-refractivity contribution in [2.24, 2.45) is 5.73 Å². The lowest BCUT2D eigenvalue weighted by Crippen LogP contribution is -2.15. The predicted molar refractivity (Wildman–Crippen MR) is 60.3 cm³/mol. The van der Waals surface area contributed by atoms with Crippen molar-refractivity contribution in [3.05, 3.63) is 30.6 Å². The molecule has 1 atom stereocenters. The first-order chi connectivity index (χ1) is 8.79. The van der Waals surface area contributed by atoms with Crippen molar-refractivity contribution in [2.75, 3.05) is 6.61 Å². The van der Waals surface area contributed by atoms with E-state index in [1.165, 1.54) is 0 Å². The quantitative estimate of drug-likeness (QED) is 0.655. The Bertz CT molecular complexity index is 676. The van der Waals surface area contributed by atoms with Gasteiger partial charge in [0.15, 0.2) is 5.82 Å². The molecule has 1 unspecified atom stereocenters. The Morgan fingerprint density at radius 2 is 2.33 bits per heavy atom. The lowest BCUT2D eigenvalue weighted by atomic mass is 10.3. The molecule has 8 nitrogen and oxygen atoms in total. The van der Waals surface area contributed by atoms with Gasteiger partial charge in [0.2, 0.25) is 0 Å². The number of hydrogen-bond donors (Lipinski definition) is 2. The van der Waals surface area contributed by atoms with Crippen LogP contribution < -0.4 is 5.73 Å². The van der Waals surface area contributed by atoms with E-state index in [-0.39, 0.29) is 12.4 Å². The summed E-state index contributed by atoms with van der Waals surface area (Å²) in [6.45, 7) is -0.241. The van der Waals surface area contributed by atoms with Gasteiger partial charge in [0.05, 0.1) is 36.1 Å². The molecule has 0 spiro atoms. The molecule has 0 aliphatic heterocycles. The Morgan fingerprint density at radius 3 is 3.17 bits per heavy atom. The number of aromatic nitrogens is 5. The first kappa shape index (κ1) is 10.8. The molecule has 0 saturated heterocycles. The van der Waals surface area contributed by atoms with Crippen LogP contribution >= 0.6 is 0 Å². The average Bonchev–Trinajstić information content (AvgIpc) is 3.03. The van der Waals surface area contributed by atoms with Crippen LogP contribution in [0.15, 0.2) is 29.3 Å². The van der Waals surface area contributed by atoms with Gasteiger partial charge in [0.1, 0.15) is 0 Å². The molecule has 0 bridgehead atoms. The van der Waals surface area contributed by atoms with E-state index in [0.717, 1.165) is 5.52 Å². The SMILES string of the molecule is NC(CO)c1noc(-c2cnn3ccncc23)n1. The molecule has 0 fully saturated rings. The Labute approximate surface area is 101 Å². The van der Waals surface area contributed by atoms with Gasteiger partial charge in [-0.25, -0.2) is 4.52 Å². The van der Waals surface area contributed by atoms with Crippen LogP contribution in [0.25, 0.3) is 17.0 Å². The maximum absolute atomic E-state index is 8.93. The van der Waals surface area contributed by atoms with Crippen LogP contribution in [0.5, 0.6) is 0 Å². The molecule has 3 N–H and O–H groups in total. The molecular weight excluding hydrogens is 236 g/mol. The highest BCUT2D eigenvalue weighted by Crippen LogP contribution is 2.22. The van der Waals surface area contributed by atoms with Crippen LogP contribution in [0, 0.1) is 0 Å². The van der Waals surface area contributed by atoms with Crippen molar-refractivity contribution in [3.8, 4) is 11.5 Å². The highest BCUT2D eigenvalue weighted by Gasteiger charge is 2.17. The Balaban J connectivity index is 2.07. The summed E-state index contributed by atoms with van der Waals surface area (Å²) in [5.41, 5.74) is 7.03. The molecule has 3 aromatic heterocycles. The number of hydrogen-bond acceptors (Lipinski definition) is 7. The molecule has 3 rings (SSSR count). The molecule has 0 saturated carbocycles. The first-order valence-electron chi connectivity index (χ1n) is 5.27. The van der Waals surface area contributed by atoms with Gasteiger partial charge in [-0.05, 0) is 0 Å². The number of aliphatic hydroxyl groups is 1. The maximum Gasteiger partial charge on any atom is 0.261 e. The summed E-state index contributed by atoms with van der Waals surface area (Å²) < 4.78 is 6.76. The minimum atomic E-state index is -0.650. The number of nitrogens with two attached hydrogens (primary N) is 1. The summed E-state index contributed by atoms with van der Waals surface area (Å²) in [7, 11) is 0. The van der Waals surface area contributed by atoms with Gasteiger partial charge in [-0.3, -0.25) is 4.98 Å². The maximum atomic E-state index is 8.93. The van der Waals surface area contributed by atoms with E-state index < -0.39 is 6.04 Å². The zero-order valence-electron chi connectivity index (χ0n) is 9.26. The van der Waals surface area contributed by atoms with Crippen molar-refractivity contribution < 1.29 is 9.63 Å². The van der Waals surface area contributed by atoms with E-state index in [4.69, 9.17) is 15.4 Å². The second kappa shape index (κ2) is 4.17. The molecular formula is C10H10N6O2. The van der Waals surface area contributed by atoms with Gasteiger partial charge in [0, 0.05) is 12.4 Å². The lowest BCUT2D eigenvalue weighted by Gasteiger charge is -1.98. The van der Waals surface area contributed by atoms with E-state index in [1.807, 2.05) is 0 Å². The minimum Gasteiger partial charge on any atom is -0.394 e. The number of nitrogens with zero attached hydrogens (tertiary/aromatic N) is 5. The molecule has 0 aliphatic rings. The highest BCUT2D eigenvalue weighted by molar-refractivity contribution is 5.73. The third-order valence-corrected chi connectivity index (χ3v) is 2.53. The molecule has 18 heavy (non-hydrogen) atoms. The first-order valence-corrected chi connectivity index (χ1v) is 5.27. The topological polar surface area (TPSA) is 115 Å². The number of aliphatic hydroxyl groups excluding tert-OH is 1. The summed E-state index contributed by atoms with van der Waals surface area (Å²) in [6.07, 6.45) is 6.61. The second-order valence-electron chi connectivity index (χ2n) is 3.71. The molecule has 0 radical (unpaired) electrons. The van der Waals surface area contributed by atoms with E-state index in [0.29, 0.717) is 11.5 Å². The van der Waals surface area contributed by atoms with Crippen LogP contribution in [0.4, 0.5) is 0 Å². The Morgan fingerprint density at radius 1 is 1.44 bits per heavy atom. The smallest absolute Gasteiger partial charge is 0.261 e. The van der Waals surface area contributed by atoms with Crippen molar-refractivity contribution in [1.29, 1.82) is 0 Å². The lowest BCUT2D eigenvalue weighted by molar-refractivity contribution is 0.260. The van der Waals surface area contributed by atoms with Crippen molar-refractivity contribution in [3.63, 3.8) is 0 Å². The third-order valence-electron chi connectivity index (χ3n) is 2.53. The molecule has 92 valence electrons. The van der Waals surface area contributed by atoms with Gasteiger partial charge < -0.3 is 15.4 Å². The summed E-state index contributed by atoms with van der Waals surface area (Å²) in [5.74, 6) is 0.563. The highest BCUT2D eigenvalue weighted by atomic mass is 16.5. The molecule has 3 heterocycles. The summed E-state index contributed by atoms with van der Waals surface area (Å²) in [6, 6.07) is -0.650. The van der Waals surface area contributed by atoms with Crippen LogP contribution in [-0.2, 0) is 0 Å². The van der Waals surface area contributed by atoms with Crippen LogP contribution in [0.2, 0.25) is 0 Å². The zero-order valence-corrected chi connectivity index (χ0v) is 9.26. The molecule has 3 aromatic rings. The van der Waals surface area contributed by atoms with Crippen molar-refractivity contribution >= 4 is 5.52 Å². The summed E-state index contributed by atoms with van der Waals surface area (Å²) in [4.78, 5) is 8.14. The largest absolute Gasteiger partial charge is 0.394 e. The van der Waals surface area contributed by atoms with Gasteiger partial charge in [0.25, 0.3) is 5.89 Å². The normalized spacial score (nSPS) is 13.0. The predicted octanol–water partition coefficient (Wildman–Crippen LogP) is -0.229. The van der Waals surface area contributed by atoms with Crippen molar-refractivity contribution in [1.82, 2.24) is 24.7 Å². The fourth-order valence-electron chi connectivity index (χ4n) is 1.58.